The number of hydrogen-bond donors (Lipinski definition) is 1. The average molecular weight is 334 g/mol. The molecule has 5 heteroatoms. The maximum atomic E-state index is 13.0. The second-order valence-electron chi connectivity index (χ2n) is 8.21. The fraction of sp³-hybridized carbons (Fsp3) is 0.842. The number of carbonyl (C=O) groups excluding carboxylic acids is 3. The summed E-state index contributed by atoms with van der Waals surface area (Å²) in [7, 11) is 0. The number of nitrogens with one attached hydrogen (secondary N) is 1. The van der Waals surface area contributed by atoms with Crippen molar-refractivity contribution in [3.63, 3.8) is 0 Å². The Morgan fingerprint density at radius 3 is 2.33 bits per heavy atom. The van der Waals surface area contributed by atoms with Crippen LogP contribution in [0.15, 0.2) is 0 Å². The van der Waals surface area contributed by atoms with Crippen molar-refractivity contribution in [2.75, 3.05) is 0 Å². The molecule has 0 unspecified atom stereocenters. The smallest absolute Gasteiger partial charge is 0.323 e. The van der Waals surface area contributed by atoms with Crippen LogP contribution in [0.3, 0.4) is 0 Å². The molecule has 1 aliphatic heterocycles. The molecule has 0 bridgehead atoms. The first-order valence-corrected chi connectivity index (χ1v) is 9.64. The van der Waals surface area contributed by atoms with Gasteiger partial charge in [-0.25, -0.2) is 4.79 Å². The Labute approximate surface area is 144 Å². The summed E-state index contributed by atoms with van der Waals surface area (Å²) in [5.74, 6) is 0.158. The third-order valence-electron chi connectivity index (χ3n) is 6.14. The van der Waals surface area contributed by atoms with Gasteiger partial charge < -0.3 is 5.32 Å². The zero-order valence-electron chi connectivity index (χ0n) is 15.0. The maximum absolute atomic E-state index is 13.0. The van der Waals surface area contributed by atoms with E-state index < -0.39 is 11.6 Å². The van der Waals surface area contributed by atoms with Gasteiger partial charge >= 0.3 is 6.03 Å². The Hall–Kier alpha value is -1.39. The molecule has 24 heavy (non-hydrogen) atoms. The fourth-order valence-electron chi connectivity index (χ4n) is 4.71. The lowest BCUT2D eigenvalue weighted by Crippen LogP contribution is -2.49. The van der Waals surface area contributed by atoms with Gasteiger partial charge in [0.1, 0.15) is 11.6 Å². The lowest BCUT2D eigenvalue weighted by atomic mass is 9.82. The molecular formula is C19H30N2O3. The van der Waals surface area contributed by atoms with E-state index in [9.17, 15) is 14.4 Å². The van der Waals surface area contributed by atoms with E-state index >= 15 is 0 Å². The van der Waals surface area contributed by atoms with E-state index in [4.69, 9.17) is 0 Å². The van der Waals surface area contributed by atoms with Crippen LogP contribution in [0.1, 0.15) is 78.1 Å². The highest BCUT2D eigenvalue weighted by atomic mass is 16.2. The highest BCUT2D eigenvalue weighted by Crippen LogP contribution is 2.38. The second kappa shape index (κ2) is 6.85. The van der Waals surface area contributed by atoms with Crippen molar-refractivity contribution in [3.05, 3.63) is 0 Å². The highest BCUT2D eigenvalue weighted by molar-refractivity contribution is 6.10. The minimum atomic E-state index is -0.723. The molecule has 5 nitrogen and oxygen atoms in total. The summed E-state index contributed by atoms with van der Waals surface area (Å²) in [6.45, 7) is 3.72. The minimum absolute atomic E-state index is 0.0270. The molecular weight excluding hydrogens is 304 g/mol. The number of imide groups is 1. The maximum Gasteiger partial charge on any atom is 0.325 e. The van der Waals surface area contributed by atoms with Gasteiger partial charge in [0.25, 0.3) is 5.91 Å². The van der Waals surface area contributed by atoms with Crippen LogP contribution in [0.5, 0.6) is 0 Å². The molecule has 1 atom stereocenters. The van der Waals surface area contributed by atoms with Gasteiger partial charge in [-0.1, -0.05) is 58.8 Å². The average Bonchev–Trinajstić information content (AvgIpc) is 3.12. The van der Waals surface area contributed by atoms with Crippen molar-refractivity contribution < 1.29 is 14.4 Å². The van der Waals surface area contributed by atoms with Gasteiger partial charge in [-0.2, -0.15) is 0 Å². The van der Waals surface area contributed by atoms with E-state index in [-0.39, 0.29) is 23.6 Å². The Balaban J connectivity index is 1.82. The van der Waals surface area contributed by atoms with Gasteiger partial charge in [0, 0.05) is 5.92 Å². The molecule has 0 aromatic carbocycles. The molecule has 1 saturated heterocycles. The summed E-state index contributed by atoms with van der Waals surface area (Å²) in [6, 6.07) is -0.933. The molecule has 0 aromatic rings. The Morgan fingerprint density at radius 2 is 1.75 bits per heavy atom. The molecule has 3 rings (SSSR count). The Kier molecular flexibility index (Phi) is 4.97. The van der Waals surface area contributed by atoms with Crippen molar-refractivity contribution in [2.45, 2.75) is 89.6 Å². The Morgan fingerprint density at radius 1 is 1.12 bits per heavy atom. The molecule has 1 N–H and O–H groups in total. The summed E-state index contributed by atoms with van der Waals surface area (Å²) >= 11 is 0. The third kappa shape index (κ3) is 3.09. The number of amides is 3. The van der Waals surface area contributed by atoms with Crippen molar-refractivity contribution in [1.82, 2.24) is 10.2 Å². The summed E-state index contributed by atoms with van der Waals surface area (Å²) in [5.41, 5.74) is -0.723. The number of nitrogens with zero attached hydrogens (tertiary/aromatic N) is 1. The lowest BCUT2D eigenvalue weighted by Gasteiger charge is -2.31. The van der Waals surface area contributed by atoms with Crippen molar-refractivity contribution in [2.24, 2.45) is 11.8 Å². The standard InChI is InChI=1S/C19H30N2O3/c1-13(2)16(22)15(12-14-8-4-3-5-9-14)21-17(23)19(20-18(21)24)10-6-7-11-19/h13-15H,3-12H2,1-2H3,(H,20,24)/t15-/m0/s1. The van der Waals surface area contributed by atoms with Crippen LogP contribution in [-0.4, -0.2) is 34.2 Å². The van der Waals surface area contributed by atoms with Gasteiger partial charge in [0.2, 0.25) is 0 Å². The van der Waals surface area contributed by atoms with Crippen molar-refractivity contribution in [1.29, 1.82) is 0 Å². The number of ketones is 1. The molecule has 3 aliphatic rings. The Bertz CT molecular complexity index is 517. The van der Waals surface area contributed by atoms with Crippen molar-refractivity contribution >= 4 is 17.7 Å². The first-order chi connectivity index (χ1) is 11.4. The highest BCUT2D eigenvalue weighted by Gasteiger charge is 2.55. The lowest BCUT2D eigenvalue weighted by molar-refractivity contribution is -0.139. The van der Waals surface area contributed by atoms with Crippen LogP contribution in [0.2, 0.25) is 0 Å². The zero-order chi connectivity index (χ0) is 17.3. The van der Waals surface area contributed by atoms with Crippen LogP contribution in [0, 0.1) is 11.8 Å². The quantitative estimate of drug-likeness (QED) is 0.784. The minimum Gasteiger partial charge on any atom is -0.323 e. The molecule has 2 saturated carbocycles. The van der Waals surface area contributed by atoms with Gasteiger partial charge in [-0.05, 0) is 25.2 Å². The number of hydrogen-bond acceptors (Lipinski definition) is 3. The van der Waals surface area contributed by atoms with Gasteiger partial charge in [0.05, 0.1) is 0 Å². The van der Waals surface area contributed by atoms with Crippen LogP contribution >= 0.6 is 0 Å². The molecule has 0 aromatic heterocycles. The van der Waals surface area contributed by atoms with Gasteiger partial charge in [-0.3, -0.25) is 14.5 Å². The van der Waals surface area contributed by atoms with E-state index in [1.807, 2.05) is 13.8 Å². The normalized spacial score (nSPS) is 25.5. The summed E-state index contributed by atoms with van der Waals surface area (Å²) in [4.78, 5) is 39.8. The van der Waals surface area contributed by atoms with E-state index in [2.05, 4.69) is 5.32 Å². The monoisotopic (exact) mass is 334 g/mol. The fourth-order valence-corrected chi connectivity index (χ4v) is 4.71. The molecule has 2 aliphatic carbocycles. The van der Waals surface area contributed by atoms with Crippen LogP contribution in [0.25, 0.3) is 0 Å². The summed E-state index contributed by atoms with van der Waals surface area (Å²) in [6.07, 6.45) is 9.84. The predicted octanol–water partition coefficient (Wildman–Crippen LogP) is 3.42. The number of rotatable bonds is 5. The van der Waals surface area contributed by atoms with E-state index in [1.165, 1.54) is 24.2 Å². The molecule has 0 radical (unpaired) electrons. The van der Waals surface area contributed by atoms with Crippen LogP contribution < -0.4 is 5.32 Å². The van der Waals surface area contributed by atoms with Gasteiger partial charge in [0.15, 0.2) is 5.78 Å². The number of carbonyl (C=O) groups is 3. The molecule has 3 amide bonds. The number of Topliss-reactive ketones (excluding diaryl/α,β-unsaturated/α-hetero) is 1. The number of urea groups is 1. The van der Waals surface area contributed by atoms with Gasteiger partial charge in [-0.15, -0.1) is 0 Å². The molecule has 1 heterocycles. The molecule has 1 spiro atoms. The first kappa shape index (κ1) is 17.4. The van der Waals surface area contributed by atoms with E-state index in [1.54, 1.807) is 0 Å². The van der Waals surface area contributed by atoms with E-state index in [0.29, 0.717) is 25.2 Å². The van der Waals surface area contributed by atoms with Crippen LogP contribution in [-0.2, 0) is 9.59 Å². The topological polar surface area (TPSA) is 66.5 Å². The summed E-state index contributed by atoms with van der Waals surface area (Å²) in [5, 5.41) is 2.93. The molecule has 3 fully saturated rings. The third-order valence-corrected chi connectivity index (χ3v) is 6.14. The predicted molar refractivity (Wildman–Crippen MR) is 91.4 cm³/mol. The van der Waals surface area contributed by atoms with E-state index in [0.717, 1.165) is 25.7 Å². The first-order valence-electron chi connectivity index (χ1n) is 9.64. The summed E-state index contributed by atoms with van der Waals surface area (Å²) < 4.78 is 0. The van der Waals surface area contributed by atoms with Crippen molar-refractivity contribution in [3.8, 4) is 0 Å². The SMILES string of the molecule is CC(C)C(=O)[C@H](CC1CCCCC1)N1C(=O)NC2(CCCC2)C1=O. The van der Waals surface area contributed by atoms with Crippen LogP contribution in [0.4, 0.5) is 4.79 Å². The zero-order valence-corrected chi connectivity index (χ0v) is 15.0. The molecule has 134 valence electrons. The largest absolute Gasteiger partial charge is 0.325 e. The second-order valence-corrected chi connectivity index (χ2v) is 8.21.